The molecule has 798 valence electrons. The number of aliphatic hydroxyl groups is 3. The Kier molecular flexibility index (Phi) is 71.7. The average molecular weight is 2030 g/mol. The summed E-state index contributed by atoms with van der Waals surface area (Å²) in [5.74, 6) is 7.39. The highest BCUT2D eigenvalue weighted by Crippen LogP contribution is 2.22. The Bertz CT molecular complexity index is 4410. The second-order valence-corrected chi connectivity index (χ2v) is 36.7. The minimum Gasteiger partial charge on any atom is -0.491 e. The molecule has 0 saturated carbocycles. The molecule has 0 aliphatic rings. The Hall–Kier alpha value is -13.4. The summed E-state index contributed by atoms with van der Waals surface area (Å²) in [7, 11) is 1.46. The first-order valence-corrected chi connectivity index (χ1v) is 42.9. The van der Waals surface area contributed by atoms with Crippen LogP contribution in [0.2, 0.25) is 0 Å². The fourth-order valence-corrected chi connectivity index (χ4v) is 8.58. The van der Waals surface area contributed by atoms with Crippen molar-refractivity contribution < 1.29 is 158 Å². The molecule has 141 heavy (non-hydrogen) atoms. The molecular formula is C94H152ClN13O33. The van der Waals surface area contributed by atoms with Crippen molar-refractivity contribution in [1.29, 1.82) is 16.2 Å². The Morgan fingerprint density at radius 2 is 0.638 bits per heavy atom. The third kappa shape index (κ3) is 83.3. The van der Waals surface area contributed by atoms with Crippen molar-refractivity contribution in [3.8, 4) is 23.0 Å². The monoisotopic (exact) mass is 2030 g/mol. The lowest BCUT2D eigenvalue weighted by Gasteiger charge is -2.28. The minimum atomic E-state index is -1.06. The molecule has 4 unspecified atom stereocenters. The van der Waals surface area contributed by atoms with Gasteiger partial charge in [0.2, 0.25) is 5.90 Å². The van der Waals surface area contributed by atoms with Crippen molar-refractivity contribution in [1.82, 2.24) is 31.1 Å². The number of nitrogens with one attached hydrogen (secondary N) is 7. The summed E-state index contributed by atoms with van der Waals surface area (Å²) in [4.78, 5) is 165. The number of aliphatic imine (C=N–C) groups is 1. The van der Waals surface area contributed by atoms with Crippen molar-refractivity contribution >= 4 is 109 Å². The number of benzene rings is 4. The number of ketones is 1. The number of methoxy groups -OCH3 is 1. The number of rotatable bonds is 29. The van der Waals surface area contributed by atoms with E-state index in [0.717, 1.165) is 15.4 Å². The van der Waals surface area contributed by atoms with E-state index >= 15 is 0 Å². The molecule has 47 heteroatoms. The maximum atomic E-state index is 12.8. The van der Waals surface area contributed by atoms with Gasteiger partial charge in [-0.15, -0.1) is 12.4 Å². The van der Waals surface area contributed by atoms with E-state index in [1.54, 1.807) is 263 Å². The predicted molar refractivity (Wildman–Crippen MR) is 520 cm³/mol. The number of Topliss-reactive ketones (excluding diaryl/α,β-unsaturated/α-hetero) is 1. The first-order valence-electron chi connectivity index (χ1n) is 42.9. The van der Waals surface area contributed by atoms with E-state index in [0.29, 0.717) is 71.7 Å². The molecule has 4 aromatic carbocycles. The molecule has 0 aromatic heterocycles. The Morgan fingerprint density at radius 1 is 0.397 bits per heavy atom. The zero-order valence-corrected chi connectivity index (χ0v) is 86.4. The van der Waals surface area contributed by atoms with Crippen LogP contribution in [0.3, 0.4) is 0 Å². The number of amidine groups is 3. The maximum absolute atomic E-state index is 12.8. The van der Waals surface area contributed by atoms with Gasteiger partial charge in [0.05, 0.1) is 32.0 Å². The molecule has 6 amide bonds. The van der Waals surface area contributed by atoms with E-state index < -0.39 is 118 Å². The molecule has 4 rings (SSSR count). The summed E-state index contributed by atoms with van der Waals surface area (Å²) < 4.78 is 71.4. The Balaban J connectivity index is -0.000000310. The number of aliphatic hydroxyl groups excluding tert-OH is 3. The molecule has 0 aliphatic heterocycles. The van der Waals surface area contributed by atoms with E-state index in [9.17, 15) is 53.4 Å². The summed E-state index contributed by atoms with van der Waals surface area (Å²) >= 11 is 0. The number of hydrogen-bond donors (Lipinski definition) is 13. The number of hydrogen-bond acceptors (Lipinski definition) is 39. The molecular weight excluding hydrogens is 1870 g/mol. The van der Waals surface area contributed by atoms with Crippen molar-refractivity contribution in [2.24, 2.45) is 22.4 Å². The molecule has 0 spiro atoms. The normalized spacial score (nSPS) is 11.5. The Morgan fingerprint density at radius 3 is 0.872 bits per heavy atom. The maximum Gasteiger partial charge on any atom is 0.519 e. The number of ether oxygens (including phenoxy) is 14. The fourth-order valence-electron chi connectivity index (χ4n) is 8.58. The van der Waals surface area contributed by atoms with E-state index in [1.165, 1.54) is 14.0 Å². The fraction of sp³-hybridized carbons (Fsp3) is 0.574. The first kappa shape index (κ1) is 141. The minimum absolute atomic E-state index is 0. The second kappa shape index (κ2) is 71.9. The van der Waals surface area contributed by atoms with E-state index in [4.69, 9.17) is 129 Å². The van der Waals surface area contributed by atoms with Crippen LogP contribution in [0.5, 0.6) is 23.0 Å². The van der Waals surface area contributed by atoms with Crippen LogP contribution in [-0.2, 0) is 85.8 Å². The van der Waals surface area contributed by atoms with Gasteiger partial charge in [-0.1, -0.05) is 7.43 Å². The quantitative estimate of drug-likeness (QED) is 0.00457. The predicted octanol–water partition coefficient (Wildman–Crippen LogP) is 12.3. The standard InChI is InChI=1S/C23H36N4O7.C22H35N3O6.C17H27N3O4.C11H15NO3.C10H18O5.C7H16N2O2.3CO2.CH4.ClH/c1-15(28)18(34-25)14-31-17-10-8-16(9-11-17)19(24)27(21(30)33-23(5,6)7)13-12-26-20(29)32-22(2,3)4;1-15(26)14-29-17-10-8-16(9-11-17)18(23)25(20(28)31-22(5,6)7)13-12-24-19(27)30-21(2,3)4;1-12(21)11-23-14-7-5-13(6-8-14)15(18)19-9-10-20-16(22)24-17(2,3)4;1-8(13)7-15-10-5-3-9(4-6-10)11(12)14-2;1-9(2,3)14-7(11)13-8(12)15-10(4,5)6;1-7(2,3)11-6(10)9-5-4-8;3*2-1-3;;/h8-11,18,24H,12-14,25H2,1-7H3,(H,26,29);8-11,15,23,26H,12-14H2,1-7H3,(H,24,27);5-8,12,21H,9-11H2,1-4H3,(H2,18,19)(H,20,22);3-6,8,12-13H,7H2,1-2H3;1-6H3;4-5,8H2,1-3H3,(H,9,10);;;;1H4;1H. The largest absolute Gasteiger partial charge is 0.519 e. The van der Waals surface area contributed by atoms with Crippen LogP contribution in [0.4, 0.5) is 38.4 Å². The van der Waals surface area contributed by atoms with Crippen molar-refractivity contribution in [2.75, 3.05) is 85.9 Å². The molecule has 0 fully saturated rings. The highest BCUT2D eigenvalue weighted by Gasteiger charge is 2.31. The summed E-state index contributed by atoms with van der Waals surface area (Å²) in [5, 5.41) is 62.2. The van der Waals surface area contributed by atoms with Gasteiger partial charge in [0.25, 0.3) is 0 Å². The SMILES string of the molecule is C.CC(=O)C(COc1ccc(C(=N)N(CCNC(=O)OC(C)(C)C)C(=O)OC(C)(C)C)cc1)ON.CC(C)(C)OC(=O)NCCN.CC(C)(C)OC(=O)OC(=O)OC(C)(C)C.CC(O)COc1ccc(C(=N)N(CCNC(=O)OC(C)(C)C)C(=O)OC(C)(C)C)cc1.CC(O)COc1ccc(C(N)=NCCNC(=O)OC(C)(C)C)cc1.COC(=N)c1ccc(OCC(C)O)cc1.Cl.O=C=O.O=C=O.O=C=O. The van der Waals surface area contributed by atoms with Crippen LogP contribution in [0.25, 0.3) is 0 Å². The number of carbonyl (C=O) groups excluding carboxylic acids is 15. The topological polar surface area (TPSA) is 672 Å². The summed E-state index contributed by atoms with van der Waals surface area (Å²) in [6.45, 7) is 50.3. The molecule has 4 aromatic rings. The van der Waals surface area contributed by atoms with Gasteiger partial charge in [-0.3, -0.25) is 40.7 Å². The van der Waals surface area contributed by atoms with Crippen LogP contribution >= 0.6 is 12.4 Å². The number of halogens is 1. The molecule has 46 nitrogen and oxygen atoms in total. The lowest BCUT2D eigenvalue weighted by Crippen LogP contribution is -2.45. The van der Waals surface area contributed by atoms with Crippen LogP contribution in [0.15, 0.2) is 102 Å². The molecule has 4 atom stereocenters. The number of carbonyl (C=O) groups is 9. The molecule has 0 heterocycles. The van der Waals surface area contributed by atoms with Gasteiger partial charge in [-0.25, -0.2) is 44.3 Å². The number of amides is 6. The highest BCUT2D eigenvalue weighted by molar-refractivity contribution is 6.05. The van der Waals surface area contributed by atoms with Gasteiger partial charge in [0.1, 0.15) is 112 Å². The van der Waals surface area contributed by atoms with Crippen molar-refractivity contribution in [3.05, 3.63) is 119 Å². The third-order valence-electron chi connectivity index (χ3n) is 13.8. The van der Waals surface area contributed by atoms with Crippen molar-refractivity contribution in [2.45, 2.75) is 271 Å². The van der Waals surface area contributed by atoms with Gasteiger partial charge in [-0.05, 0) is 291 Å². The van der Waals surface area contributed by atoms with Crippen LogP contribution in [0, 0.1) is 16.2 Å². The zero-order valence-electron chi connectivity index (χ0n) is 85.6. The van der Waals surface area contributed by atoms with E-state index in [1.807, 2.05) is 20.8 Å². The number of alkyl carbamates (subject to hydrolysis) is 4. The van der Waals surface area contributed by atoms with Gasteiger partial charge >= 0.3 is 67.3 Å². The van der Waals surface area contributed by atoms with E-state index in [2.05, 4.69) is 35.8 Å². The molecule has 0 bridgehead atoms. The lowest BCUT2D eigenvalue weighted by molar-refractivity contribution is -0.193. The van der Waals surface area contributed by atoms with Gasteiger partial charge in [-0.2, -0.15) is 28.8 Å². The third-order valence-corrected chi connectivity index (χ3v) is 13.8. The Labute approximate surface area is 832 Å². The lowest BCUT2D eigenvalue weighted by atomic mass is 10.1. The average Bonchev–Trinajstić information content (AvgIpc) is 0.839. The second-order valence-electron chi connectivity index (χ2n) is 36.7. The molecule has 0 aliphatic carbocycles. The van der Waals surface area contributed by atoms with Gasteiger partial charge in [0.15, 0.2) is 11.9 Å². The molecule has 16 N–H and O–H groups in total. The first-order chi connectivity index (χ1) is 63.8. The summed E-state index contributed by atoms with van der Waals surface area (Å²) in [6, 6.07) is 27.0. The number of nitrogens with zero attached hydrogens (tertiary/aromatic N) is 3. The van der Waals surface area contributed by atoms with E-state index in [-0.39, 0.29) is 114 Å². The summed E-state index contributed by atoms with van der Waals surface area (Å²) in [5.41, 5.74) is 8.25. The van der Waals surface area contributed by atoms with Gasteiger partial charge < -0.3 is 114 Å². The van der Waals surface area contributed by atoms with Crippen LogP contribution in [0.1, 0.15) is 224 Å². The zero-order chi connectivity index (χ0) is 109. The van der Waals surface area contributed by atoms with Crippen LogP contribution in [-0.4, -0.2) is 277 Å². The van der Waals surface area contributed by atoms with Crippen LogP contribution < -0.4 is 57.6 Å². The van der Waals surface area contributed by atoms with Crippen molar-refractivity contribution in [3.63, 3.8) is 0 Å². The summed E-state index contributed by atoms with van der Waals surface area (Å²) in [6.07, 6.45) is -7.41. The molecule has 0 saturated heterocycles. The van der Waals surface area contributed by atoms with Gasteiger partial charge in [0, 0.05) is 68.1 Å². The number of nitrogens with two attached hydrogens (primary N) is 3. The molecule has 0 radical (unpaired) electrons. The smallest absolute Gasteiger partial charge is 0.491 e. The highest BCUT2D eigenvalue weighted by atomic mass is 35.5.